The molecule has 0 saturated carbocycles. The van der Waals surface area contributed by atoms with Gasteiger partial charge in [0.05, 0.1) is 0 Å². The first-order chi connectivity index (χ1) is 5.16. The van der Waals surface area contributed by atoms with Gasteiger partial charge < -0.3 is 4.90 Å². The van der Waals surface area contributed by atoms with Crippen LogP contribution < -0.4 is 5.43 Å². The predicted molar refractivity (Wildman–Crippen MR) is 46.4 cm³/mol. The summed E-state index contributed by atoms with van der Waals surface area (Å²) in [7, 11) is 4.06. The van der Waals surface area contributed by atoms with Crippen LogP contribution >= 0.6 is 0 Å². The van der Waals surface area contributed by atoms with Gasteiger partial charge in [0.1, 0.15) is 5.82 Å². The third-order valence-electron chi connectivity index (χ3n) is 1.73. The second-order valence-electron chi connectivity index (χ2n) is 2.89. The summed E-state index contributed by atoms with van der Waals surface area (Å²) in [4.78, 5) is 2.08. The summed E-state index contributed by atoms with van der Waals surface area (Å²) in [6.07, 6.45) is 1.78. The monoisotopic (exact) mass is 153 g/mol. The van der Waals surface area contributed by atoms with Crippen molar-refractivity contribution in [1.29, 1.82) is 0 Å². The minimum absolute atomic E-state index is 0.916. The molecule has 1 aliphatic rings. The minimum atomic E-state index is 0.916. The largest absolute Gasteiger partial charge is 0.363 e. The first-order valence-electron chi connectivity index (χ1n) is 3.69. The number of hydrogen-bond acceptors (Lipinski definition) is 3. The molecule has 0 atom stereocenters. The van der Waals surface area contributed by atoms with Gasteiger partial charge in [-0.3, -0.25) is 5.01 Å². The highest BCUT2D eigenvalue weighted by atomic mass is 15.6. The maximum absolute atomic E-state index is 3.71. The van der Waals surface area contributed by atoms with Gasteiger partial charge >= 0.3 is 0 Å². The van der Waals surface area contributed by atoms with Crippen LogP contribution in [0.4, 0.5) is 0 Å². The second-order valence-corrected chi connectivity index (χ2v) is 2.89. The summed E-state index contributed by atoms with van der Waals surface area (Å²) in [6.45, 7) is 6.75. The van der Waals surface area contributed by atoms with Gasteiger partial charge in [-0.05, 0) is 12.5 Å². The van der Waals surface area contributed by atoms with Crippen molar-refractivity contribution >= 4 is 0 Å². The molecule has 0 unspecified atom stereocenters. The Morgan fingerprint density at radius 1 is 1.64 bits per heavy atom. The first kappa shape index (κ1) is 8.14. The molecule has 0 bridgehead atoms. The average molecular weight is 153 g/mol. The Labute approximate surface area is 67.9 Å². The summed E-state index contributed by atoms with van der Waals surface area (Å²) in [5.74, 6) is 1.19. The number of hydrogen-bond donors (Lipinski definition) is 1. The van der Waals surface area contributed by atoms with Gasteiger partial charge in [-0.15, -0.1) is 0 Å². The van der Waals surface area contributed by atoms with Gasteiger partial charge in [0, 0.05) is 26.8 Å². The van der Waals surface area contributed by atoms with Gasteiger partial charge in [-0.2, -0.15) is 0 Å². The SMILES string of the molecule is C=CN1NCC(C)=C1N(C)C. The molecule has 0 aromatic rings. The van der Waals surface area contributed by atoms with E-state index in [2.05, 4.69) is 23.8 Å². The van der Waals surface area contributed by atoms with E-state index >= 15 is 0 Å². The van der Waals surface area contributed by atoms with Crippen molar-refractivity contribution in [3.63, 3.8) is 0 Å². The molecule has 11 heavy (non-hydrogen) atoms. The van der Waals surface area contributed by atoms with Crippen LogP contribution in [-0.2, 0) is 0 Å². The van der Waals surface area contributed by atoms with Crippen LogP contribution in [0.15, 0.2) is 24.2 Å². The van der Waals surface area contributed by atoms with Crippen LogP contribution in [0.1, 0.15) is 6.92 Å². The summed E-state index contributed by atoms with van der Waals surface area (Å²) < 4.78 is 0. The minimum Gasteiger partial charge on any atom is -0.363 e. The van der Waals surface area contributed by atoms with Crippen LogP contribution in [-0.4, -0.2) is 30.5 Å². The van der Waals surface area contributed by atoms with Gasteiger partial charge in [0.15, 0.2) is 0 Å². The second kappa shape index (κ2) is 2.96. The molecule has 0 aromatic heterocycles. The fraction of sp³-hybridized carbons (Fsp3) is 0.500. The molecular formula is C8H15N3. The zero-order valence-corrected chi connectivity index (χ0v) is 7.39. The highest BCUT2D eigenvalue weighted by molar-refractivity contribution is 5.16. The fourth-order valence-corrected chi connectivity index (χ4v) is 1.31. The van der Waals surface area contributed by atoms with E-state index in [1.807, 2.05) is 19.1 Å². The van der Waals surface area contributed by atoms with Crippen LogP contribution in [0.3, 0.4) is 0 Å². The molecule has 62 valence electrons. The van der Waals surface area contributed by atoms with E-state index in [-0.39, 0.29) is 0 Å². The molecule has 0 spiro atoms. The summed E-state index contributed by atoms with van der Waals surface area (Å²) in [6, 6.07) is 0. The lowest BCUT2D eigenvalue weighted by Gasteiger charge is -2.23. The Morgan fingerprint density at radius 2 is 2.27 bits per heavy atom. The van der Waals surface area contributed by atoms with Crippen LogP contribution in [0.5, 0.6) is 0 Å². The van der Waals surface area contributed by atoms with Crippen molar-refractivity contribution in [2.45, 2.75) is 6.92 Å². The molecule has 0 radical (unpaired) electrons. The molecule has 1 N–H and O–H groups in total. The van der Waals surface area contributed by atoms with Crippen molar-refractivity contribution < 1.29 is 0 Å². The summed E-state index contributed by atoms with van der Waals surface area (Å²) in [5.41, 5.74) is 4.53. The molecular weight excluding hydrogens is 138 g/mol. The van der Waals surface area contributed by atoms with Crippen molar-refractivity contribution in [1.82, 2.24) is 15.3 Å². The number of rotatable bonds is 2. The predicted octanol–water partition coefficient (Wildman–Crippen LogP) is 0.743. The molecule has 3 nitrogen and oxygen atoms in total. The molecule has 0 amide bonds. The van der Waals surface area contributed by atoms with Crippen molar-refractivity contribution in [3.05, 3.63) is 24.2 Å². The molecule has 1 heterocycles. The molecule has 0 fully saturated rings. The maximum atomic E-state index is 3.71. The molecule has 3 heteroatoms. The smallest absolute Gasteiger partial charge is 0.122 e. The van der Waals surface area contributed by atoms with Gasteiger partial charge in [0.25, 0.3) is 0 Å². The van der Waals surface area contributed by atoms with E-state index in [1.54, 1.807) is 6.20 Å². The first-order valence-corrected chi connectivity index (χ1v) is 3.69. The van der Waals surface area contributed by atoms with Gasteiger partial charge in [-0.25, -0.2) is 5.43 Å². The standard InChI is InChI=1S/C8H15N3/c1-5-11-8(10(3)4)7(2)6-9-11/h5,9H,1,6H2,2-4H3. The van der Waals surface area contributed by atoms with Gasteiger partial charge in [-0.1, -0.05) is 6.58 Å². The van der Waals surface area contributed by atoms with E-state index in [9.17, 15) is 0 Å². The lowest BCUT2D eigenvalue weighted by atomic mass is 10.3. The Morgan fingerprint density at radius 3 is 2.64 bits per heavy atom. The Kier molecular flexibility index (Phi) is 2.19. The Bertz CT molecular complexity index is 194. The van der Waals surface area contributed by atoms with Crippen molar-refractivity contribution in [2.75, 3.05) is 20.6 Å². The Balaban J connectivity index is 2.84. The topological polar surface area (TPSA) is 18.5 Å². The van der Waals surface area contributed by atoms with Crippen molar-refractivity contribution in [2.24, 2.45) is 0 Å². The normalized spacial score (nSPS) is 17.5. The maximum Gasteiger partial charge on any atom is 0.122 e. The molecule has 1 rings (SSSR count). The van der Waals surface area contributed by atoms with Crippen LogP contribution in [0.25, 0.3) is 0 Å². The van der Waals surface area contributed by atoms with E-state index in [4.69, 9.17) is 0 Å². The quantitative estimate of drug-likeness (QED) is 0.631. The third-order valence-corrected chi connectivity index (χ3v) is 1.73. The molecule has 1 aliphatic heterocycles. The fourth-order valence-electron chi connectivity index (χ4n) is 1.31. The zero-order chi connectivity index (χ0) is 8.43. The van der Waals surface area contributed by atoms with Crippen LogP contribution in [0, 0.1) is 0 Å². The number of hydrazine groups is 1. The average Bonchev–Trinajstić information content (AvgIpc) is 2.30. The highest BCUT2D eigenvalue weighted by Gasteiger charge is 2.17. The van der Waals surface area contributed by atoms with E-state index in [1.165, 1.54) is 11.4 Å². The lowest BCUT2D eigenvalue weighted by Crippen LogP contribution is -2.31. The molecule has 0 aliphatic carbocycles. The van der Waals surface area contributed by atoms with E-state index in [0.29, 0.717) is 0 Å². The summed E-state index contributed by atoms with van der Waals surface area (Å²) in [5, 5.41) is 1.94. The molecule has 0 aromatic carbocycles. The highest BCUT2D eigenvalue weighted by Crippen LogP contribution is 2.15. The summed E-state index contributed by atoms with van der Waals surface area (Å²) >= 11 is 0. The van der Waals surface area contributed by atoms with E-state index < -0.39 is 0 Å². The molecule has 0 saturated heterocycles. The zero-order valence-electron chi connectivity index (χ0n) is 7.39. The number of nitrogens with zero attached hydrogens (tertiary/aromatic N) is 2. The lowest BCUT2D eigenvalue weighted by molar-refractivity contribution is 0.293. The van der Waals surface area contributed by atoms with Crippen molar-refractivity contribution in [3.8, 4) is 0 Å². The number of nitrogens with one attached hydrogen (secondary N) is 1. The third kappa shape index (κ3) is 1.38. The van der Waals surface area contributed by atoms with Gasteiger partial charge in [0.2, 0.25) is 0 Å². The Hall–Kier alpha value is -0.960. The van der Waals surface area contributed by atoms with E-state index in [0.717, 1.165) is 6.54 Å². The van der Waals surface area contributed by atoms with Crippen LogP contribution in [0.2, 0.25) is 0 Å².